The molecule has 1 aromatic heterocycles. The third-order valence-corrected chi connectivity index (χ3v) is 8.30. The summed E-state index contributed by atoms with van der Waals surface area (Å²) in [7, 11) is 3.51. The minimum absolute atomic E-state index is 0.238. The average molecular weight is 409 g/mol. The topological polar surface area (TPSA) is 42.0 Å². The molecule has 0 aliphatic heterocycles. The van der Waals surface area contributed by atoms with E-state index in [4.69, 9.17) is 0 Å². The molecule has 0 aromatic carbocycles. The van der Waals surface area contributed by atoms with Crippen LogP contribution in [0.1, 0.15) is 84.5 Å². The monoisotopic (exact) mass is 408 g/mol. The molecular weight excluding hydrogens is 372 g/mol. The highest BCUT2D eigenvalue weighted by atomic mass is 33.1. The van der Waals surface area contributed by atoms with Crippen molar-refractivity contribution >= 4 is 27.5 Å². The van der Waals surface area contributed by atoms with Crippen molar-refractivity contribution in [1.82, 2.24) is 10.3 Å². The van der Waals surface area contributed by atoms with Gasteiger partial charge in [-0.3, -0.25) is 4.79 Å². The third kappa shape index (κ3) is 9.89. The molecule has 0 spiro atoms. The Morgan fingerprint density at radius 3 is 2.74 bits per heavy atom. The molecule has 5 heteroatoms. The van der Waals surface area contributed by atoms with Gasteiger partial charge in [0, 0.05) is 23.9 Å². The predicted molar refractivity (Wildman–Crippen MR) is 119 cm³/mol. The largest absolute Gasteiger partial charge is 0.353 e. The molecule has 1 aliphatic carbocycles. The van der Waals surface area contributed by atoms with Crippen LogP contribution in [0.15, 0.2) is 29.4 Å². The molecule has 3 nitrogen and oxygen atoms in total. The summed E-state index contributed by atoms with van der Waals surface area (Å²) in [4.78, 5) is 16.8. The van der Waals surface area contributed by atoms with Gasteiger partial charge in [-0.15, -0.1) is 0 Å². The molecule has 3 unspecified atom stereocenters. The van der Waals surface area contributed by atoms with Crippen LogP contribution in [0, 0.1) is 5.92 Å². The van der Waals surface area contributed by atoms with Gasteiger partial charge in [0.2, 0.25) is 5.91 Å². The predicted octanol–water partition coefficient (Wildman–Crippen LogP) is 6.64. The first kappa shape index (κ1) is 22.6. The quantitative estimate of drug-likeness (QED) is 0.490. The molecule has 1 amide bonds. The first-order valence-corrected chi connectivity index (χ1v) is 12.9. The van der Waals surface area contributed by atoms with Crippen LogP contribution in [-0.4, -0.2) is 22.2 Å². The standard InChI is InChI=1S/C22H36N2OS2/c1-3-19-11-7-5-4-6-8-12-20(17-19)24-21(25)15-14-18(2)26-27-22-13-9-10-16-23-22/h9-10,13,16,18-20H,3-8,11-12,14-15,17H2,1-2H3,(H,24,25). The third-order valence-electron chi connectivity index (χ3n) is 5.44. The summed E-state index contributed by atoms with van der Waals surface area (Å²) in [5.41, 5.74) is 0. The molecular formula is C22H36N2OS2. The van der Waals surface area contributed by atoms with Gasteiger partial charge in [0.25, 0.3) is 0 Å². The molecule has 27 heavy (non-hydrogen) atoms. The summed E-state index contributed by atoms with van der Waals surface area (Å²) in [6.07, 6.45) is 15.0. The van der Waals surface area contributed by atoms with E-state index in [2.05, 4.69) is 24.1 Å². The van der Waals surface area contributed by atoms with Gasteiger partial charge in [-0.1, -0.05) is 75.7 Å². The normalized spacial score (nSPS) is 22.7. The van der Waals surface area contributed by atoms with Crippen LogP contribution in [0.3, 0.4) is 0 Å². The fourth-order valence-electron chi connectivity index (χ4n) is 3.70. The van der Waals surface area contributed by atoms with Gasteiger partial charge in [-0.25, -0.2) is 4.98 Å². The first-order valence-electron chi connectivity index (χ1n) is 10.7. The molecule has 1 aromatic rings. The van der Waals surface area contributed by atoms with Crippen LogP contribution in [0.5, 0.6) is 0 Å². The van der Waals surface area contributed by atoms with Crippen molar-refractivity contribution in [2.24, 2.45) is 5.92 Å². The van der Waals surface area contributed by atoms with Crippen molar-refractivity contribution < 1.29 is 4.79 Å². The van der Waals surface area contributed by atoms with Crippen LogP contribution in [0.4, 0.5) is 0 Å². The van der Waals surface area contributed by atoms with E-state index >= 15 is 0 Å². The second-order valence-corrected chi connectivity index (χ2v) is 10.5. The van der Waals surface area contributed by atoms with Crippen LogP contribution < -0.4 is 5.32 Å². The van der Waals surface area contributed by atoms with Crippen LogP contribution >= 0.6 is 21.6 Å². The first-order chi connectivity index (χ1) is 13.2. The number of pyridine rings is 1. The summed E-state index contributed by atoms with van der Waals surface area (Å²) in [5.74, 6) is 1.01. The lowest BCUT2D eigenvalue weighted by Gasteiger charge is -2.25. The van der Waals surface area contributed by atoms with Gasteiger partial charge >= 0.3 is 0 Å². The maximum Gasteiger partial charge on any atom is 0.220 e. The average Bonchev–Trinajstić information content (AvgIpc) is 2.70. The summed E-state index contributed by atoms with van der Waals surface area (Å²) >= 11 is 0. The minimum Gasteiger partial charge on any atom is -0.353 e. The van der Waals surface area contributed by atoms with Gasteiger partial charge in [-0.2, -0.15) is 0 Å². The molecule has 0 bridgehead atoms. The zero-order valence-corrected chi connectivity index (χ0v) is 18.6. The number of rotatable bonds is 8. The molecule has 0 radical (unpaired) electrons. The van der Waals surface area contributed by atoms with E-state index in [1.54, 1.807) is 21.6 Å². The van der Waals surface area contributed by atoms with Gasteiger partial charge in [-0.05, 0) is 48.1 Å². The molecule has 152 valence electrons. The van der Waals surface area contributed by atoms with Crippen LogP contribution in [-0.2, 0) is 4.79 Å². The van der Waals surface area contributed by atoms with E-state index in [0.717, 1.165) is 23.8 Å². The Morgan fingerprint density at radius 1 is 1.22 bits per heavy atom. The molecule has 1 saturated carbocycles. The second-order valence-electron chi connectivity index (χ2n) is 7.82. The number of nitrogens with one attached hydrogen (secondary N) is 1. The Hall–Kier alpha value is -0.680. The zero-order valence-electron chi connectivity index (χ0n) is 17.0. The second kappa shape index (κ2) is 13.5. The fourth-order valence-corrected chi connectivity index (χ4v) is 5.79. The highest BCUT2D eigenvalue weighted by Crippen LogP contribution is 2.34. The molecule has 1 heterocycles. The SMILES string of the molecule is CCC1CCCCCCCC(NC(=O)CCC(C)SSc2ccccn2)C1. The van der Waals surface area contributed by atoms with Crippen molar-refractivity contribution in [3.63, 3.8) is 0 Å². The summed E-state index contributed by atoms with van der Waals surface area (Å²) in [6.45, 7) is 4.50. The number of hydrogen-bond donors (Lipinski definition) is 1. The number of carbonyl (C=O) groups is 1. The summed E-state index contributed by atoms with van der Waals surface area (Å²) < 4.78 is 0. The summed E-state index contributed by atoms with van der Waals surface area (Å²) in [6, 6.07) is 6.36. The number of nitrogens with zero attached hydrogens (tertiary/aromatic N) is 1. The number of hydrogen-bond acceptors (Lipinski definition) is 4. The Morgan fingerprint density at radius 2 is 2.00 bits per heavy atom. The highest BCUT2D eigenvalue weighted by molar-refractivity contribution is 8.76. The Kier molecular flexibility index (Phi) is 11.3. The maximum absolute atomic E-state index is 12.5. The van der Waals surface area contributed by atoms with E-state index < -0.39 is 0 Å². The van der Waals surface area contributed by atoms with Crippen molar-refractivity contribution in [3.05, 3.63) is 24.4 Å². The van der Waals surface area contributed by atoms with E-state index in [1.165, 1.54) is 51.4 Å². The summed E-state index contributed by atoms with van der Waals surface area (Å²) in [5, 5.41) is 4.83. The number of amides is 1. The van der Waals surface area contributed by atoms with Crippen molar-refractivity contribution in [2.45, 2.75) is 101 Å². The molecule has 1 fully saturated rings. The molecule has 0 saturated heterocycles. The van der Waals surface area contributed by atoms with E-state index in [-0.39, 0.29) is 5.91 Å². The number of carbonyl (C=O) groups excluding carboxylic acids is 1. The molecule has 1 aliphatic rings. The highest BCUT2D eigenvalue weighted by Gasteiger charge is 2.19. The fraction of sp³-hybridized carbons (Fsp3) is 0.727. The maximum atomic E-state index is 12.5. The van der Waals surface area contributed by atoms with Crippen molar-refractivity contribution in [3.8, 4) is 0 Å². The Labute approximate surface area is 173 Å². The lowest BCUT2D eigenvalue weighted by atomic mass is 9.88. The van der Waals surface area contributed by atoms with Gasteiger partial charge in [0.15, 0.2) is 0 Å². The zero-order chi connectivity index (χ0) is 19.3. The molecule has 2 rings (SSSR count). The Bertz CT molecular complexity index is 526. The molecule has 3 atom stereocenters. The number of aromatic nitrogens is 1. The van der Waals surface area contributed by atoms with Crippen molar-refractivity contribution in [2.75, 3.05) is 0 Å². The van der Waals surface area contributed by atoms with Crippen LogP contribution in [0.2, 0.25) is 0 Å². The van der Waals surface area contributed by atoms with E-state index in [9.17, 15) is 4.79 Å². The smallest absolute Gasteiger partial charge is 0.220 e. The van der Waals surface area contributed by atoms with Crippen molar-refractivity contribution in [1.29, 1.82) is 0 Å². The van der Waals surface area contributed by atoms with E-state index in [1.807, 2.05) is 24.4 Å². The Balaban J connectivity index is 1.70. The lowest BCUT2D eigenvalue weighted by Crippen LogP contribution is -2.36. The minimum atomic E-state index is 0.238. The van der Waals surface area contributed by atoms with Gasteiger partial charge in [0.05, 0.1) is 0 Å². The van der Waals surface area contributed by atoms with E-state index in [0.29, 0.717) is 17.7 Å². The van der Waals surface area contributed by atoms with Crippen LogP contribution in [0.25, 0.3) is 0 Å². The van der Waals surface area contributed by atoms with Gasteiger partial charge in [0.1, 0.15) is 5.03 Å². The lowest BCUT2D eigenvalue weighted by molar-refractivity contribution is -0.122. The molecule has 1 N–H and O–H groups in total. The van der Waals surface area contributed by atoms with Gasteiger partial charge < -0.3 is 5.32 Å².